The number of carbonyl (C=O) groups excluding carboxylic acids is 1. The Kier molecular flexibility index (Phi) is 4.39. The second-order valence-electron chi connectivity index (χ2n) is 3.52. The highest BCUT2D eigenvalue weighted by molar-refractivity contribution is 6.21. The number of hydrogen-bond donors (Lipinski definition) is 1. The fraction of sp³-hybridized carbons (Fsp3) is 0.875. The summed E-state index contributed by atoms with van der Waals surface area (Å²) in [6, 6.07) is 0. The molecule has 0 aromatic heterocycles. The van der Waals surface area contributed by atoms with Gasteiger partial charge in [0.05, 0.1) is 0 Å². The van der Waals surface area contributed by atoms with E-state index < -0.39 is 11.7 Å². The highest BCUT2D eigenvalue weighted by Crippen LogP contribution is 2.07. The van der Waals surface area contributed by atoms with E-state index in [-0.39, 0.29) is 5.50 Å². The Morgan fingerprint density at radius 1 is 1.58 bits per heavy atom. The number of halogens is 1. The fourth-order valence-electron chi connectivity index (χ4n) is 0.537. The van der Waals surface area contributed by atoms with Crippen LogP contribution in [0.25, 0.3) is 0 Å². The van der Waals surface area contributed by atoms with Crippen molar-refractivity contribution < 1.29 is 9.53 Å². The topological polar surface area (TPSA) is 38.3 Å². The summed E-state index contributed by atoms with van der Waals surface area (Å²) in [5, 5.41) is 2.49. The van der Waals surface area contributed by atoms with Gasteiger partial charge in [0, 0.05) is 0 Å². The molecule has 0 aromatic rings. The quantitative estimate of drug-likeness (QED) is 0.541. The number of alkyl carbamates (subject to hydrolysis) is 1. The Bertz CT molecular complexity index is 154. The largest absolute Gasteiger partial charge is 0.444 e. The third kappa shape index (κ3) is 6.28. The summed E-state index contributed by atoms with van der Waals surface area (Å²) in [5.74, 6) is 0. The molecule has 0 aliphatic rings. The summed E-state index contributed by atoms with van der Waals surface area (Å²) in [6.45, 7) is 7.31. The van der Waals surface area contributed by atoms with Crippen LogP contribution in [0.15, 0.2) is 0 Å². The van der Waals surface area contributed by atoms with Gasteiger partial charge in [-0.1, -0.05) is 18.5 Å². The molecule has 0 saturated heterocycles. The van der Waals surface area contributed by atoms with Crippen molar-refractivity contribution in [3.8, 4) is 0 Å². The van der Waals surface area contributed by atoms with Gasteiger partial charge in [0.1, 0.15) is 11.1 Å². The fourth-order valence-corrected chi connectivity index (χ4v) is 0.627. The minimum absolute atomic E-state index is 0.347. The number of carbonyl (C=O) groups is 1. The van der Waals surface area contributed by atoms with Crippen molar-refractivity contribution >= 4 is 17.7 Å². The molecule has 4 heteroatoms. The lowest BCUT2D eigenvalue weighted by Gasteiger charge is -2.20. The number of alkyl halides is 1. The van der Waals surface area contributed by atoms with Crippen molar-refractivity contribution in [1.29, 1.82) is 0 Å². The highest BCUT2D eigenvalue weighted by Gasteiger charge is 2.17. The Hall–Kier alpha value is -0.440. The molecule has 1 atom stereocenters. The van der Waals surface area contributed by atoms with Crippen molar-refractivity contribution in [3.05, 3.63) is 0 Å². The average molecular weight is 194 g/mol. The van der Waals surface area contributed by atoms with Gasteiger partial charge >= 0.3 is 6.09 Å². The van der Waals surface area contributed by atoms with Crippen LogP contribution in [0.1, 0.15) is 34.1 Å². The second-order valence-corrected chi connectivity index (χ2v) is 4.05. The first-order valence-corrected chi connectivity index (χ1v) is 4.42. The van der Waals surface area contributed by atoms with Crippen molar-refractivity contribution in [2.75, 3.05) is 0 Å². The molecule has 0 rings (SSSR count). The van der Waals surface area contributed by atoms with Crippen LogP contribution >= 0.6 is 11.6 Å². The van der Waals surface area contributed by atoms with E-state index in [0.717, 1.165) is 0 Å². The van der Waals surface area contributed by atoms with Gasteiger partial charge in [-0.2, -0.15) is 0 Å². The number of amides is 1. The van der Waals surface area contributed by atoms with Crippen molar-refractivity contribution in [2.45, 2.75) is 45.2 Å². The minimum Gasteiger partial charge on any atom is -0.444 e. The predicted molar refractivity (Wildman–Crippen MR) is 49.3 cm³/mol. The molecule has 1 unspecified atom stereocenters. The van der Waals surface area contributed by atoms with Gasteiger partial charge < -0.3 is 10.1 Å². The molecule has 0 aliphatic heterocycles. The van der Waals surface area contributed by atoms with E-state index in [1.807, 2.05) is 27.7 Å². The zero-order valence-corrected chi connectivity index (χ0v) is 8.73. The Morgan fingerprint density at radius 2 is 2.08 bits per heavy atom. The first-order chi connectivity index (χ1) is 5.35. The maximum Gasteiger partial charge on any atom is 0.408 e. The summed E-state index contributed by atoms with van der Waals surface area (Å²) < 4.78 is 4.98. The molecule has 0 fully saturated rings. The molecule has 0 aliphatic carbocycles. The van der Waals surface area contributed by atoms with Crippen LogP contribution < -0.4 is 5.32 Å². The Morgan fingerprint density at radius 3 is 2.42 bits per heavy atom. The van der Waals surface area contributed by atoms with Crippen molar-refractivity contribution in [3.63, 3.8) is 0 Å². The molecule has 0 bridgehead atoms. The monoisotopic (exact) mass is 193 g/mol. The van der Waals surface area contributed by atoms with Crippen LogP contribution in [-0.2, 0) is 4.74 Å². The molecule has 0 radical (unpaired) electrons. The van der Waals surface area contributed by atoms with Gasteiger partial charge in [-0.25, -0.2) is 4.79 Å². The SMILES string of the molecule is CCC(Cl)NC(=O)OC(C)(C)C. The highest BCUT2D eigenvalue weighted by atomic mass is 35.5. The van der Waals surface area contributed by atoms with Crippen LogP contribution in [0.2, 0.25) is 0 Å². The lowest BCUT2D eigenvalue weighted by molar-refractivity contribution is 0.0520. The van der Waals surface area contributed by atoms with Crippen molar-refractivity contribution in [1.82, 2.24) is 5.32 Å². The molecule has 1 N–H and O–H groups in total. The molecular formula is C8H16ClNO2. The number of nitrogens with one attached hydrogen (secondary N) is 1. The molecular weight excluding hydrogens is 178 g/mol. The lowest BCUT2D eigenvalue weighted by Crippen LogP contribution is -2.36. The normalized spacial score (nSPS) is 13.8. The zero-order chi connectivity index (χ0) is 9.78. The number of rotatable bonds is 2. The van der Waals surface area contributed by atoms with E-state index in [0.29, 0.717) is 6.42 Å². The van der Waals surface area contributed by atoms with Gasteiger partial charge in [0.15, 0.2) is 0 Å². The molecule has 1 amide bonds. The van der Waals surface area contributed by atoms with Gasteiger partial charge in [-0.15, -0.1) is 0 Å². The summed E-state index contributed by atoms with van der Waals surface area (Å²) in [7, 11) is 0. The smallest absolute Gasteiger partial charge is 0.408 e. The molecule has 0 spiro atoms. The van der Waals surface area contributed by atoms with E-state index >= 15 is 0 Å². The summed E-state index contributed by atoms with van der Waals surface area (Å²) >= 11 is 5.68. The zero-order valence-electron chi connectivity index (χ0n) is 7.98. The van der Waals surface area contributed by atoms with Crippen molar-refractivity contribution in [2.24, 2.45) is 0 Å². The maximum absolute atomic E-state index is 11.0. The summed E-state index contributed by atoms with van der Waals surface area (Å²) in [5.41, 5.74) is -0.811. The van der Waals surface area contributed by atoms with Gasteiger partial charge in [0.2, 0.25) is 0 Å². The first-order valence-electron chi connectivity index (χ1n) is 3.98. The third-order valence-electron chi connectivity index (χ3n) is 1.03. The van der Waals surface area contributed by atoms with Gasteiger partial charge in [-0.05, 0) is 27.2 Å². The summed E-state index contributed by atoms with van der Waals surface area (Å²) in [4.78, 5) is 11.0. The van der Waals surface area contributed by atoms with Gasteiger partial charge in [-0.3, -0.25) is 0 Å². The van der Waals surface area contributed by atoms with Gasteiger partial charge in [0.25, 0.3) is 0 Å². The molecule has 3 nitrogen and oxygen atoms in total. The molecule has 72 valence electrons. The van der Waals surface area contributed by atoms with E-state index in [2.05, 4.69) is 5.32 Å². The Balaban J connectivity index is 3.75. The average Bonchev–Trinajstić information content (AvgIpc) is 1.82. The Labute approximate surface area is 78.4 Å². The molecule has 12 heavy (non-hydrogen) atoms. The molecule has 0 saturated carbocycles. The summed E-state index contributed by atoms with van der Waals surface area (Å²) in [6.07, 6.45) is 0.213. The number of ether oxygens (including phenoxy) is 1. The third-order valence-corrected chi connectivity index (χ3v) is 1.45. The predicted octanol–water partition coefficient (Wildman–Crippen LogP) is 2.49. The van der Waals surface area contributed by atoms with E-state index in [4.69, 9.17) is 16.3 Å². The standard InChI is InChI=1S/C8H16ClNO2/c1-5-6(9)10-7(11)12-8(2,3)4/h6H,5H2,1-4H3,(H,10,11). The van der Waals surface area contributed by atoms with Crippen LogP contribution in [0, 0.1) is 0 Å². The molecule has 0 aromatic carbocycles. The van der Waals surface area contributed by atoms with Crippen LogP contribution in [0.3, 0.4) is 0 Å². The van der Waals surface area contributed by atoms with E-state index in [1.165, 1.54) is 0 Å². The van der Waals surface area contributed by atoms with E-state index in [1.54, 1.807) is 0 Å². The maximum atomic E-state index is 11.0. The van der Waals surface area contributed by atoms with E-state index in [9.17, 15) is 4.79 Å². The lowest BCUT2D eigenvalue weighted by atomic mass is 10.2. The second kappa shape index (κ2) is 4.55. The minimum atomic E-state index is -0.468. The van der Waals surface area contributed by atoms with Crippen LogP contribution in [0.4, 0.5) is 4.79 Å². The van der Waals surface area contributed by atoms with Crippen LogP contribution in [-0.4, -0.2) is 17.2 Å². The molecule has 0 heterocycles. The first kappa shape index (κ1) is 11.6. The number of hydrogen-bond acceptors (Lipinski definition) is 2. The van der Waals surface area contributed by atoms with Crippen LogP contribution in [0.5, 0.6) is 0 Å².